The van der Waals surface area contributed by atoms with Crippen molar-refractivity contribution in [1.82, 2.24) is 19.9 Å². The van der Waals surface area contributed by atoms with Crippen LogP contribution in [0, 0.1) is 6.92 Å². The second-order valence-electron chi connectivity index (χ2n) is 6.44. The van der Waals surface area contributed by atoms with Crippen LogP contribution in [0.5, 0.6) is 0 Å². The molecule has 0 spiro atoms. The zero-order valence-electron chi connectivity index (χ0n) is 15.0. The molecule has 0 aliphatic carbocycles. The minimum atomic E-state index is 0.0502. The van der Waals surface area contributed by atoms with Gasteiger partial charge in [-0.2, -0.15) is 4.98 Å². The van der Waals surface area contributed by atoms with Crippen LogP contribution in [0.2, 0.25) is 0 Å². The predicted octanol–water partition coefficient (Wildman–Crippen LogP) is 2.00. The molecular formula is C18H26N6O. The van der Waals surface area contributed by atoms with Gasteiger partial charge in [0, 0.05) is 43.6 Å². The summed E-state index contributed by atoms with van der Waals surface area (Å²) < 4.78 is 0. The minimum Gasteiger partial charge on any atom is -0.368 e. The van der Waals surface area contributed by atoms with E-state index in [1.54, 1.807) is 6.20 Å². The Morgan fingerprint density at radius 3 is 2.68 bits per heavy atom. The number of rotatable bonds is 5. The van der Waals surface area contributed by atoms with Crippen LogP contribution >= 0.6 is 0 Å². The standard InChI is InChI=1S/C18H26N6O/c1-3-4-6-14-13(2)21-18(19)22-16(14)23-9-11-24(12-10-23)17(25)15-7-5-8-20-15/h5,7-8,20H,3-4,6,9-12H2,1-2H3,(H2,19,21,22). The summed E-state index contributed by atoms with van der Waals surface area (Å²) in [7, 11) is 0. The number of piperazine rings is 1. The van der Waals surface area contributed by atoms with Crippen molar-refractivity contribution in [1.29, 1.82) is 0 Å². The molecule has 1 aliphatic rings. The Hall–Kier alpha value is -2.57. The topological polar surface area (TPSA) is 91.1 Å². The third kappa shape index (κ3) is 3.75. The highest BCUT2D eigenvalue weighted by Crippen LogP contribution is 2.25. The van der Waals surface area contributed by atoms with Gasteiger partial charge in [-0.25, -0.2) is 4.98 Å². The summed E-state index contributed by atoms with van der Waals surface area (Å²) in [4.78, 5) is 28.4. The van der Waals surface area contributed by atoms with Crippen LogP contribution in [0.3, 0.4) is 0 Å². The van der Waals surface area contributed by atoms with Gasteiger partial charge in [-0.1, -0.05) is 13.3 Å². The monoisotopic (exact) mass is 342 g/mol. The maximum atomic E-state index is 12.5. The van der Waals surface area contributed by atoms with Crippen molar-refractivity contribution >= 4 is 17.7 Å². The smallest absolute Gasteiger partial charge is 0.270 e. The Morgan fingerprint density at radius 2 is 2.04 bits per heavy atom. The van der Waals surface area contributed by atoms with E-state index in [4.69, 9.17) is 5.73 Å². The lowest BCUT2D eigenvalue weighted by molar-refractivity contribution is 0.0741. The first-order valence-corrected chi connectivity index (χ1v) is 8.90. The van der Waals surface area contributed by atoms with Crippen molar-refractivity contribution in [2.45, 2.75) is 33.1 Å². The number of H-pyrrole nitrogens is 1. The lowest BCUT2D eigenvalue weighted by Crippen LogP contribution is -2.49. The highest BCUT2D eigenvalue weighted by atomic mass is 16.2. The maximum Gasteiger partial charge on any atom is 0.270 e. The molecule has 0 aromatic carbocycles. The van der Waals surface area contributed by atoms with Gasteiger partial charge < -0.3 is 20.5 Å². The fraction of sp³-hybridized carbons (Fsp3) is 0.500. The molecule has 3 rings (SSSR count). The Bertz CT molecular complexity index is 719. The van der Waals surface area contributed by atoms with Gasteiger partial charge in [-0.05, 0) is 31.9 Å². The molecule has 3 N–H and O–H groups in total. The van der Waals surface area contributed by atoms with Crippen LogP contribution in [0.25, 0.3) is 0 Å². The first kappa shape index (κ1) is 17.3. The van der Waals surface area contributed by atoms with Gasteiger partial charge in [0.15, 0.2) is 0 Å². The van der Waals surface area contributed by atoms with Crippen molar-refractivity contribution < 1.29 is 4.79 Å². The van der Waals surface area contributed by atoms with Crippen molar-refractivity contribution in [3.8, 4) is 0 Å². The van der Waals surface area contributed by atoms with E-state index in [1.807, 2.05) is 24.0 Å². The lowest BCUT2D eigenvalue weighted by atomic mass is 10.1. The predicted molar refractivity (Wildman–Crippen MR) is 98.7 cm³/mol. The van der Waals surface area contributed by atoms with E-state index < -0.39 is 0 Å². The molecule has 1 aliphatic heterocycles. The van der Waals surface area contributed by atoms with Crippen LogP contribution in [-0.4, -0.2) is 51.9 Å². The van der Waals surface area contributed by atoms with Gasteiger partial charge in [0.1, 0.15) is 11.5 Å². The number of carbonyl (C=O) groups excluding carboxylic acids is 1. The van der Waals surface area contributed by atoms with Gasteiger partial charge in [0.05, 0.1) is 0 Å². The zero-order valence-corrected chi connectivity index (χ0v) is 15.0. The van der Waals surface area contributed by atoms with Crippen molar-refractivity contribution in [3.63, 3.8) is 0 Å². The van der Waals surface area contributed by atoms with Crippen LogP contribution in [0.1, 0.15) is 41.5 Å². The Morgan fingerprint density at radius 1 is 1.28 bits per heavy atom. The molecule has 7 heteroatoms. The molecule has 1 amide bonds. The molecule has 0 saturated carbocycles. The van der Waals surface area contributed by atoms with E-state index in [0.717, 1.165) is 43.9 Å². The minimum absolute atomic E-state index is 0.0502. The van der Waals surface area contributed by atoms with E-state index in [2.05, 4.69) is 26.8 Å². The number of hydrogen-bond acceptors (Lipinski definition) is 5. The average molecular weight is 342 g/mol. The van der Waals surface area contributed by atoms with E-state index in [-0.39, 0.29) is 5.91 Å². The van der Waals surface area contributed by atoms with Crippen LogP contribution in [0.15, 0.2) is 18.3 Å². The highest BCUT2D eigenvalue weighted by molar-refractivity contribution is 5.92. The number of aromatic nitrogens is 3. The molecule has 0 radical (unpaired) electrons. The summed E-state index contributed by atoms with van der Waals surface area (Å²) in [5.74, 6) is 1.30. The summed E-state index contributed by atoms with van der Waals surface area (Å²) in [6.07, 6.45) is 4.96. The average Bonchev–Trinajstić information content (AvgIpc) is 3.14. The summed E-state index contributed by atoms with van der Waals surface area (Å²) >= 11 is 0. The third-order valence-corrected chi connectivity index (χ3v) is 4.68. The number of aryl methyl sites for hydroxylation is 1. The van der Waals surface area contributed by atoms with E-state index in [0.29, 0.717) is 24.7 Å². The first-order valence-electron chi connectivity index (χ1n) is 8.90. The fourth-order valence-electron chi connectivity index (χ4n) is 3.26. The number of nitrogen functional groups attached to an aromatic ring is 1. The number of carbonyl (C=O) groups is 1. The molecule has 1 saturated heterocycles. The second kappa shape index (κ2) is 7.55. The van der Waals surface area contributed by atoms with Crippen molar-refractivity contribution in [2.24, 2.45) is 0 Å². The van der Waals surface area contributed by atoms with Gasteiger partial charge >= 0.3 is 0 Å². The van der Waals surface area contributed by atoms with Crippen LogP contribution in [0.4, 0.5) is 11.8 Å². The SMILES string of the molecule is CCCCc1c(C)nc(N)nc1N1CCN(C(=O)c2ccc[nH]2)CC1. The largest absolute Gasteiger partial charge is 0.368 e. The maximum absolute atomic E-state index is 12.5. The molecule has 7 nitrogen and oxygen atoms in total. The molecule has 25 heavy (non-hydrogen) atoms. The van der Waals surface area contributed by atoms with Gasteiger partial charge in [0.25, 0.3) is 5.91 Å². The molecule has 0 unspecified atom stereocenters. The number of hydrogen-bond donors (Lipinski definition) is 2. The highest BCUT2D eigenvalue weighted by Gasteiger charge is 2.25. The number of nitrogens with zero attached hydrogens (tertiary/aromatic N) is 4. The molecule has 1 fully saturated rings. The van der Waals surface area contributed by atoms with Gasteiger partial charge in [-0.15, -0.1) is 0 Å². The molecule has 134 valence electrons. The Labute approximate surface area is 148 Å². The number of anilines is 2. The second-order valence-corrected chi connectivity index (χ2v) is 6.44. The molecule has 0 bridgehead atoms. The molecule has 2 aromatic rings. The first-order chi connectivity index (χ1) is 12.1. The number of nitrogens with two attached hydrogens (primary N) is 1. The number of nitrogens with one attached hydrogen (secondary N) is 1. The fourth-order valence-corrected chi connectivity index (χ4v) is 3.26. The van der Waals surface area contributed by atoms with E-state index in [9.17, 15) is 4.79 Å². The number of unbranched alkanes of at least 4 members (excludes halogenated alkanes) is 1. The number of amides is 1. The van der Waals surface area contributed by atoms with Crippen molar-refractivity contribution in [3.05, 3.63) is 35.3 Å². The molecule has 2 aromatic heterocycles. The Balaban J connectivity index is 1.73. The zero-order chi connectivity index (χ0) is 17.8. The van der Waals surface area contributed by atoms with E-state index >= 15 is 0 Å². The van der Waals surface area contributed by atoms with Crippen molar-refractivity contribution in [2.75, 3.05) is 36.8 Å². The summed E-state index contributed by atoms with van der Waals surface area (Å²) in [5, 5.41) is 0. The van der Waals surface area contributed by atoms with E-state index in [1.165, 1.54) is 5.56 Å². The Kier molecular flexibility index (Phi) is 5.21. The van der Waals surface area contributed by atoms with Crippen LogP contribution in [-0.2, 0) is 6.42 Å². The number of aromatic amines is 1. The van der Waals surface area contributed by atoms with Gasteiger partial charge in [0.2, 0.25) is 5.95 Å². The summed E-state index contributed by atoms with van der Waals surface area (Å²) in [6.45, 7) is 7.03. The van der Waals surface area contributed by atoms with Crippen LogP contribution < -0.4 is 10.6 Å². The summed E-state index contributed by atoms with van der Waals surface area (Å²) in [6, 6.07) is 3.65. The summed E-state index contributed by atoms with van der Waals surface area (Å²) in [5.41, 5.74) is 8.66. The quantitative estimate of drug-likeness (QED) is 0.867. The normalized spacial score (nSPS) is 14.8. The molecule has 3 heterocycles. The molecular weight excluding hydrogens is 316 g/mol. The third-order valence-electron chi connectivity index (χ3n) is 4.68. The van der Waals surface area contributed by atoms with Gasteiger partial charge in [-0.3, -0.25) is 4.79 Å². The molecule has 0 atom stereocenters. The lowest BCUT2D eigenvalue weighted by Gasteiger charge is -2.36.